The van der Waals surface area contributed by atoms with Crippen LogP contribution in [0.5, 0.6) is 0 Å². The molecule has 1 fully saturated rings. The predicted octanol–water partition coefficient (Wildman–Crippen LogP) is 0.811. The van der Waals surface area contributed by atoms with Crippen LogP contribution >= 0.6 is 0 Å². The Morgan fingerprint density at radius 3 is 2.14 bits per heavy atom. The van der Waals surface area contributed by atoms with Crippen LogP contribution in [0.4, 0.5) is 4.79 Å². The van der Waals surface area contributed by atoms with Gasteiger partial charge in [-0.25, -0.2) is 4.79 Å². The molecule has 0 bridgehead atoms. The van der Waals surface area contributed by atoms with Gasteiger partial charge in [0.05, 0.1) is 18.6 Å². The number of aliphatic hydroxyl groups excluding tert-OH is 1. The molecule has 1 amide bonds. The minimum Gasteiger partial charge on any atom is -0.481 e. The molecule has 0 saturated carbocycles. The first-order valence-electron chi connectivity index (χ1n) is 6.98. The van der Waals surface area contributed by atoms with Gasteiger partial charge in [-0.2, -0.15) is 0 Å². The topological polar surface area (TPSA) is 99.1 Å². The summed E-state index contributed by atoms with van der Waals surface area (Å²) in [6.07, 6.45) is -0.567. The Morgan fingerprint density at radius 1 is 1.24 bits per heavy atom. The molecule has 122 valence electrons. The van der Waals surface area contributed by atoms with Gasteiger partial charge < -0.3 is 25.2 Å². The lowest BCUT2D eigenvalue weighted by molar-refractivity contribution is -0.141. The molecule has 1 rings (SSSR count). The van der Waals surface area contributed by atoms with Crippen LogP contribution < -0.4 is 5.32 Å². The Bertz CT molecular complexity index is 408. The molecule has 0 aromatic heterocycles. The summed E-state index contributed by atoms with van der Waals surface area (Å²) in [6.45, 7) is 9.28. The fourth-order valence-electron chi connectivity index (χ4n) is 2.42. The highest BCUT2D eigenvalue weighted by molar-refractivity contribution is 5.73. The average molecular weight is 302 g/mol. The number of carboxylic acids is 1. The van der Waals surface area contributed by atoms with Gasteiger partial charge >= 0.3 is 12.1 Å². The summed E-state index contributed by atoms with van der Waals surface area (Å²) < 4.78 is 5.26. The van der Waals surface area contributed by atoms with E-state index < -0.39 is 28.7 Å². The predicted molar refractivity (Wildman–Crippen MR) is 77.1 cm³/mol. The monoisotopic (exact) mass is 302 g/mol. The molecule has 0 aliphatic carbocycles. The largest absolute Gasteiger partial charge is 0.481 e. The molecule has 1 aliphatic rings. The van der Waals surface area contributed by atoms with Gasteiger partial charge in [-0.05, 0) is 34.6 Å². The van der Waals surface area contributed by atoms with Gasteiger partial charge in [-0.15, -0.1) is 0 Å². The number of carbonyl (C=O) groups is 2. The summed E-state index contributed by atoms with van der Waals surface area (Å²) >= 11 is 0. The van der Waals surface area contributed by atoms with Crippen LogP contribution in [-0.4, -0.2) is 63.6 Å². The SMILES string of the molecule is CC(C)(CO)NC1(CC(=O)O)CN(C(=O)OC(C)(C)C)C1. The van der Waals surface area contributed by atoms with Crippen molar-refractivity contribution in [3.8, 4) is 0 Å². The Kier molecular flexibility index (Phi) is 4.90. The summed E-state index contributed by atoms with van der Waals surface area (Å²) in [4.78, 5) is 24.4. The van der Waals surface area contributed by atoms with E-state index in [-0.39, 0.29) is 26.1 Å². The average Bonchev–Trinajstić information content (AvgIpc) is 2.21. The first-order valence-corrected chi connectivity index (χ1v) is 6.98. The number of hydrogen-bond donors (Lipinski definition) is 3. The molecule has 3 N–H and O–H groups in total. The second kappa shape index (κ2) is 5.81. The van der Waals surface area contributed by atoms with Crippen LogP contribution in [0.2, 0.25) is 0 Å². The Balaban J connectivity index is 2.70. The molecule has 1 aliphatic heterocycles. The third-order valence-corrected chi connectivity index (χ3v) is 3.13. The number of rotatable bonds is 5. The number of nitrogens with zero attached hydrogens (tertiary/aromatic N) is 1. The number of nitrogens with one attached hydrogen (secondary N) is 1. The summed E-state index contributed by atoms with van der Waals surface area (Å²) in [5.74, 6) is -0.944. The first-order chi connectivity index (χ1) is 9.38. The molecule has 0 unspecified atom stereocenters. The van der Waals surface area contributed by atoms with E-state index in [1.54, 1.807) is 34.6 Å². The van der Waals surface area contributed by atoms with Crippen LogP contribution in [0.3, 0.4) is 0 Å². The van der Waals surface area contributed by atoms with Gasteiger partial charge in [-0.1, -0.05) is 0 Å². The Morgan fingerprint density at radius 2 is 1.76 bits per heavy atom. The zero-order chi connectivity index (χ0) is 16.5. The maximum Gasteiger partial charge on any atom is 0.410 e. The smallest absolute Gasteiger partial charge is 0.410 e. The molecule has 0 atom stereocenters. The van der Waals surface area contributed by atoms with E-state index in [1.165, 1.54) is 4.90 Å². The van der Waals surface area contributed by atoms with Gasteiger partial charge in [0.2, 0.25) is 0 Å². The third kappa shape index (κ3) is 5.17. The van der Waals surface area contributed by atoms with Crippen molar-refractivity contribution >= 4 is 12.1 Å². The van der Waals surface area contributed by atoms with Crippen molar-refractivity contribution in [3.63, 3.8) is 0 Å². The minimum atomic E-state index is -0.944. The van der Waals surface area contributed by atoms with Crippen LogP contribution in [0.15, 0.2) is 0 Å². The van der Waals surface area contributed by atoms with Crippen molar-refractivity contribution in [3.05, 3.63) is 0 Å². The highest BCUT2D eigenvalue weighted by Gasteiger charge is 2.49. The molecule has 7 nitrogen and oxygen atoms in total. The van der Waals surface area contributed by atoms with E-state index in [9.17, 15) is 14.7 Å². The van der Waals surface area contributed by atoms with Crippen LogP contribution in [0.25, 0.3) is 0 Å². The molecule has 0 aromatic carbocycles. The number of likely N-dealkylation sites (tertiary alicyclic amines) is 1. The van der Waals surface area contributed by atoms with Gasteiger partial charge in [0.1, 0.15) is 5.60 Å². The van der Waals surface area contributed by atoms with Gasteiger partial charge in [0.15, 0.2) is 0 Å². The van der Waals surface area contributed by atoms with Crippen molar-refractivity contribution < 1.29 is 24.5 Å². The summed E-state index contributed by atoms with van der Waals surface area (Å²) in [5, 5.41) is 21.5. The van der Waals surface area contributed by atoms with E-state index in [1.807, 2.05) is 0 Å². The van der Waals surface area contributed by atoms with Crippen LogP contribution in [0, 0.1) is 0 Å². The third-order valence-electron chi connectivity index (χ3n) is 3.13. The maximum absolute atomic E-state index is 11.9. The van der Waals surface area contributed by atoms with Crippen molar-refractivity contribution in [2.75, 3.05) is 19.7 Å². The number of aliphatic hydroxyl groups is 1. The minimum absolute atomic E-state index is 0.115. The van der Waals surface area contributed by atoms with Gasteiger partial charge in [-0.3, -0.25) is 4.79 Å². The highest BCUT2D eigenvalue weighted by Crippen LogP contribution is 2.29. The molecule has 0 radical (unpaired) electrons. The number of carbonyl (C=O) groups excluding carboxylic acids is 1. The second-order valence-electron chi connectivity index (χ2n) is 7.35. The van der Waals surface area contributed by atoms with E-state index in [2.05, 4.69) is 5.32 Å². The summed E-state index contributed by atoms with van der Waals surface area (Å²) in [7, 11) is 0. The lowest BCUT2D eigenvalue weighted by Gasteiger charge is -2.52. The Labute approximate surface area is 125 Å². The Hall–Kier alpha value is -1.34. The fraction of sp³-hybridized carbons (Fsp3) is 0.857. The zero-order valence-corrected chi connectivity index (χ0v) is 13.4. The van der Waals surface area contributed by atoms with Crippen LogP contribution in [-0.2, 0) is 9.53 Å². The molecule has 0 aromatic rings. The first kappa shape index (κ1) is 17.7. The van der Waals surface area contributed by atoms with E-state index in [0.29, 0.717) is 0 Å². The quantitative estimate of drug-likeness (QED) is 0.695. The maximum atomic E-state index is 11.9. The van der Waals surface area contributed by atoms with Crippen LogP contribution in [0.1, 0.15) is 41.0 Å². The lowest BCUT2D eigenvalue weighted by atomic mass is 9.83. The molecular weight excluding hydrogens is 276 g/mol. The number of ether oxygens (including phenoxy) is 1. The second-order valence-corrected chi connectivity index (χ2v) is 7.35. The number of aliphatic carboxylic acids is 1. The van der Waals surface area contributed by atoms with Crippen molar-refractivity contribution in [1.82, 2.24) is 10.2 Å². The van der Waals surface area contributed by atoms with Crippen molar-refractivity contribution in [2.24, 2.45) is 0 Å². The normalized spacial score (nSPS) is 18.1. The molecular formula is C14H26N2O5. The lowest BCUT2D eigenvalue weighted by Crippen LogP contribution is -2.74. The molecule has 1 saturated heterocycles. The summed E-state index contributed by atoms with van der Waals surface area (Å²) in [6, 6.07) is 0. The van der Waals surface area contributed by atoms with E-state index >= 15 is 0 Å². The molecule has 7 heteroatoms. The van der Waals surface area contributed by atoms with E-state index in [4.69, 9.17) is 9.84 Å². The fourth-order valence-corrected chi connectivity index (χ4v) is 2.42. The highest BCUT2D eigenvalue weighted by atomic mass is 16.6. The van der Waals surface area contributed by atoms with Crippen molar-refractivity contribution in [2.45, 2.75) is 57.7 Å². The molecule has 21 heavy (non-hydrogen) atoms. The molecule has 1 heterocycles. The summed E-state index contributed by atoms with van der Waals surface area (Å²) in [5.41, 5.74) is -1.93. The molecule has 0 spiro atoms. The van der Waals surface area contributed by atoms with Gasteiger partial charge in [0, 0.05) is 18.6 Å². The van der Waals surface area contributed by atoms with Crippen molar-refractivity contribution in [1.29, 1.82) is 0 Å². The standard InChI is InChI=1S/C14H26N2O5/c1-12(2,3)21-11(20)16-7-14(8-16,6-10(18)19)15-13(4,5)9-17/h15,17H,6-9H2,1-5H3,(H,18,19). The number of hydrogen-bond acceptors (Lipinski definition) is 5. The number of carboxylic acid groups (broad SMARTS) is 1. The van der Waals surface area contributed by atoms with E-state index in [0.717, 1.165) is 0 Å². The zero-order valence-electron chi connectivity index (χ0n) is 13.4. The van der Waals surface area contributed by atoms with Gasteiger partial charge in [0.25, 0.3) is 0 Å². The number of amides is 1.